The summed E-state index contributed by atoms with van der Waals surface area (Å²) in [4.78, 5) is 0. The monoisotopic (exact) mass is 281 g/mol. The van der Waals surface area contributed by atoms with Gasteiger partial charge in [0, 0.05) is 0 Å². The average Bonchev–Trinajstić information content (AvgIpc) is 1.97. The fraction of sp³-hybridized carbons (Fsp3) is 1.00. The number of unbranched alkanes of at least 4 members (excludes halogenated alkanes) is 1. The molecule has 0 fully saturated rings. The van der Waals surface area contributed by atoms with Gasteiger partial charge in [-0.2, -0.15) is 0 Å². The second kappa shape index (κ2) is 7.74. The molecule has 0 aromatic rings. The quantitative estimate of drug-likeness (QED) is 0.589. The first-order valence-corrected chi connectivity index (χ1v) is 7.40. The summed E-state index contributed by atoms with van der Waals surface area (Å²) in [5, 5.41) is 0. The molecular formula is C8H19NSSn. The van der Waals surface area contributed by atoms with Crippen LogP contribution >= 0.6 is 11.8 Å². The summed E-state index contributed by atoms with van der Waals surface area (Å²) in [5.74, 6) is 0. The van der Waals surface area contributed by atoms with Crippen LogP contribution in [-0.4, -0.2) is 38.1 Å². The van der Waals surface area contributed by atoms with E-state index >= 15 is 0 Å². The van der Waals surface area contributed by atoms with E-state index in [0.29, 0.717) is 6.04 Å². The van der Waals surface area contributed by atoms with Gasteiger partial charge < -0.3 is 0 Å². The van der Waals surface area contributed by atoms with E-state index in [2.05, 4.69) is 13.2 Å². The molecule has 0 bridgehead atoms. The van der Waals surface area contributed by atoms with Gasteiger partial charge in [-0.25, -0.2) is 0 Å². The Labute approximate surface area is 88.0 Å². The van der Waals surface area contributed by atoms with Crippen molar-refractivity contribution in [2.75, 3.05) is 6.26 Å². The minimum absolute atomic E-state index is 0.399. The van der Waals surface area contributed by atoms with Crippen LogP contribution in [-0.2, 0) is 0 Å². The third-order valence-electron chi connectivity index (χ3n) is 1.70. The van der Waals surface area contributed by atoms with Gasteiger partial charge in [-0.3, -0.25) is 0 Å². The van der Waals surface area contributed by atoms with Gasteiger partial charge >= 0.3 is 88.2 Å². The third-order valence-corrected chi connectivity index (χ3v) is 5.82. The first-order valence-electron chi connectivity index (χ1n) is 4.20. The molecule has 0 saturated heterocycles. The maximum atomic E-state index is 5.64. The number of nitrogens with two attached hydrogens (primary N) is 1. The topological polar surface area (TPSA) is 26.0 Å². The molecule has 0 saturated carbocycles. The number of rotatable bonds is 6. The molecule has 11 heavy (non-hydrogen) atoms. The van der Waals surface area contributed by atoms with Crippen LogP contribution in [0.2, 0.25) is 0 Å². The normalized spacial score (nSPS) is 16.4. The zero-order chi connectivity index (χ0) is 8.69. The Balaban J connectivity index is 3.01. The second-order valence-electron chi connectivity index (χ2n) is 3.04. The van der Waals surface area contributed by atoms with Crippen LogP contribution in [0.3, 0.4) is 0 Å². The molecule has 0 rings (SSSR count). The van der Waals surface area contributed by atoms with Gasteiger partial charge in [-0.15, -0.1) is 0 Å². The first-order chi connectivity index (χ1) is 5.16. The van der Waals surface area contributed by atoms with Gasteiger partial charge in [0.05, 0.1) is 0 Å². The molecule has 0 spiro atoms. The van der Waals surface area contributed by atoms with Crippen molar-refractivity contribution in [1.29, 1.82) is 0 Å². The molecule has 0 heterocycles. The van der Waals surface area contributed by atoms with Crippen molar-refractivity contribution in [3.05, 3.63) is 0 Å². The molecule has 3 heteroatoms. The van der Waals surface area contributed by atoms with E-state index in [9.17, 15) is 0 Å². The Morgan fingerprint density at radius 1 is 1.36 bits per heavy atom. The molecule has 0 aliphatic rings. The fourth-order valence-electron chi connectivity index (χ4n) is 0.930. The van der Waals surface area contributed by atoms with E-state index in [0.717, 1.165) is 3.27 Å². The Kier molecular flexibility index (Phi) is 8.52. The summed E-state index contributed by atoms with van der Waals surface area (Å²) in [5.41, 5.74) is 5.64. The van der Waals surface area contributed by atoms with Crippen molar-refractivity contribution >= 4 is 34.3 Å². The fourth-order valence-corrected chi connectivity index (χ4v) is 2.00. The van der Waals surface area contributed by atoms with Crippen molar-refractivity contribution in [1.82, 2.24) is 0 Å². The van der Waals surface area contributed by atoms with E-state index in [1.807, 2.05) is 11.8 Å². The summed E-state index contributed by atoms with van der Waals surface area (Å²) in [7, 11) is 0. The second-order valence-corrected chi connectivity index (χ2v) is 7.79. The summed E-state index contributed by atoms with van der Waals surface area (Å²) in [6, 6.07) is 0.399. The minimum atomic E-state index is 0.399. The van der Waals surface area contributed by atoms with Crippen LogP contribution in [0.4, 0.5) is 0 Å². The predicted octanol–water partition coefficient (Wildman–Crippen LogP) is 1.48. The molecule has 0 aromatic heterocycles. The SMILES string of the molecule is CS[CH]([SnH])CCCCC(C)N. The van der Waals surface area contributed by atoms with Crippen molar-refractivity contribution in [3.63, 3.8) is 0 Å². The summed E-state index contributed by atoms with van der Waals surface area (Å²) < 4.78 is 0.952. The van der Waals surface area contributed by atoms with E-state index < -0.39 is 0 Å². The Hall–Kier alpha value is 1.11. The van der Waals surface area contributed by atoms with Crippen molar-refractivity contribution in [2.24, 2.45) is 5.73 Å². The van der Waals surface area contributed by atoms with E-state index in [1.165, 1.54) is 48.2 Å². The Morgan fingerprint density at radius 3 is 2.36 bits per heavy atom. The van der Waals surface area contributed by atoms with Gasteiger partial charge in [0.2, 0.25) is 0 Å². The van der Waals surface area contributed by atoms with Crippen LogP contribution in [0.5, 0.6) is 0 Å². The third kappa shape index (κ3) is 9.02. The molecule has 0 aromatic carbocycles. The van der Waals surface area contributed by atoms with Crippen LogP contribution in [0, 0.1) is 0 Å². The molecule has 2 radical (unpaired) electrons. The van der Waals surface area contributed by atoms with Crippen molar-refractivity contribution in [2.45, 2.75) is 41.9 Å². The zero-order valence-electron chi connectivity index (χ0n) is 7.55. The van der Waals surface area contributed by atoms with Gasteiger partial charge in [-0.1, -0.05) is 0 Å². The molecule has 0 aliphatic heterocycles. The molecule has 0 aliphatic carbocycles. The van der Waals surface area contributed by atoms with Crippen LogP contribution in [0.25, 0.3) is 0 Å². The molecule has 2 N–H and O–H groups in total. The van der Waals surface area contributed by atoms with Gasteiger partial charge in [0.25, 0.3) is 0 Å². The van der Waals surface area contributed by atoms with Crippen LogP contribution in [0.15, 0.2) is 0 Å². The molecule has 2 atom stereocenters. The predicted molar refractivity (Wildman–Crippen MR) is 56.6 cm³/mol. The van der Waals surface area contributed by atoms with Gasteiger partial charge in [0.15, 0.2) is 0 Å². The summed E-state index contributed by atoms with van der Waals surface area (Å²) in [6.45, 7) is 2.09. The first kappa shape index (κ1) is 12.1. The molecular weight excluding hydrogens is 261 g/mol. The Bertz CT molecular complexity index is 88.2. The standard InChI is InChI=1S/C8H18NS.Sn.H/c1-8(9)6-4-3-5-7-10-2;;/h7-8H,3-6,9H2,1-2H3;;. The number of thioether (sulfide) groups is 1. The molecule has 0 amide bonds. The van der Waals surface area contributed by atoms with Crippen LogP contribution < -0.4 is 5.73 Å². The molecule has 2 unspecified atom stereocenters. The van der Waals surface area contributed by atoms with E-state index in [1.54, 1.807) is 0 Å². The van der Waals surface area contributed by atoms with E-state index in [4.69, 9.17) is 5.73 Å². The van der Waals surface area contributed by atoms with Gasteiger partial charge in [-0.05, 0) is 0 Å². The molecule has 66 valence electrons. The van der Waals surface area contributed by atoms with Crippen molar-refractivity contribution in [3.8, 4) is 0 Å². The van der Waals surface area contributed by atoms with Crippen LogP contribution in [0.1, 0.15) is 32.6 Å². The summed E-state index contributed by atoms with van der Waals surface area (Å²) in [6.07, 6.45) is 7.49. The molecule has 1 nitrogen and oxygen atoms in total. The maximum absolute atomic E-state index is 5.64. The zero-order valence-corrected chi connectivity index (χ0v) is 11.7. The van der Waals surface area contributed by atoms with Crippen molar-refractivity contribution < 1.29 is 0 Å². The van der Waals surface area contributed by atoms with E-state index in [-0.39, 0.29) is 0 Å². The Morgan fingerprint density at radius 2 is 1.91 bits per heavy atom. The number of hydrogen-bond donors (Lipinski definition) is 1. The van der Waals surface area contributed by atoms with Gasteiger partial charge in [0.1, 0.15) is 0 Å². The average molecular weight is 280 g/mol. The number of hydrogen-bond acceptors (Lipinski definition) is 2. The summed E-state index contributed by atoms with van der Waals surface area (Å²) >= 11 is 3.41.